The Morgan fingerprint density at radius 3 is 2.27 bits per heavy atom. The van der Waals surface area contributed by atoms with Crippen molar-refractivity contribution in [3.63, 3.8) is 0 Å². The molecule has 0 saturated heterocycles. The first-order valence-electron chi connectivity index (χ1n) is 19.3. The first-order chi connectivity index (χ1) is 26.9. The van der Waals surface area contributed by atoms with E-state index in [-0.39, 0.29) is 5.41 Å². The van der Waals surface area contributed by atoms with Crippen molar-refractivity contribution in [1.82, 2.24) is 4.57 Å². The smallest absolute Gasteiger partial charge is 0.0541 e. The van der Waals surface area contributed by atoms with E-state index in [1.807, 2.05) is 6.08 Å². The monoisotopic (exact) mass is 708 g/mol. The van der Waals surface area contributed by atoms with Gasteiger partial charge in [0, 0.05) is 39.8 Å². The average Bonchev–Trinajstić information content (AvgIpc) is 3.67. The molecule has 1 heterocycles. The minimum absolute atomic E-state index is 0.0901. The molecule has 55 heavy (non-hydrogen) atoms. The van der Waals surface area contributed by atoms with Crippen molar-refractivity contribution in [2.75, 3.05) is 11.4 Å². The van der Waals surface area contributed by atoms with Crippen molar-refractivity contribution in [3.05, 3.63) is 193 Å². The van der Waals surface area contributed by atoms with Crippen molar-refractivity contribution in [3.8, 4) is 34.6 Å². The van der Waals surface area contributed by atoms with E-state index >= 15 is 0 Å². The van der Waals surface area contributed by atoms with Gasteiger partial charge in [-0.1, -0.05) is 148 Å². The van der Waals surface area contributed by atoms with Crippen LogP contribution >= 0.6 is 0 Å². The van der Waals surface area contributed by atoms with Gasteiger partial charge >= 0.3 is 0 Å². The Balaban J connectivity index is 1.09. The third-order valence-corrected chi connectivity index (χ3v) is 11.5. The maximum absolute atomic E-state index is 5.98. The number of rotatable bonds is 8. The molecule has 0 amide bonds. The topological polar surface area (TPSA) is 8.17 Å². The Morgan fingerprint density at radius 2 is 1.45 bits per heavy atom. The predicted molar refractivity (Wildman–Crippen MR) is 235 cm³/mol. The van der Waals surface area contributed by atoms with Crippen molar-refractivity contribution in [2.45, 2.75) is 32.6 Å². The van der Waals surface area contributed by atoms with Crippen LogP contribution in [0.3, 0.4) is 0 Å². The van der Waals surface area contributed by atoms with E-state index in [1.165, 1.54) is 60.9 Å². The van der Waals surface area contributed by atoms with Gasteiger partial charge in [0.1, 0.15) is 0 Å². The van der Waals surface area contributed by atoms with Gasteiger partial charge in [0.25, 0.3) is 0 Å². The molecule has 0 radical (unpaired) electrons. The molecule has 2 heteroatoms. The Kier molecular flexibility index (Phi) is 8.72. The Hall–Kier alpha value is -6.56. The zero-order chi connectivity index (χ0) is 37.5. The van der Waals surface area contributed by atoms with Crippen LogP contribution in [0.4, 0.5) is 11.4 Å². The van der Waals surface area contributed by atoms with Crippen LogP contribution in [0.1, 0.15) is 43.9 Å². The summed E-state index contributed by atoms with van der Waals surface area (Å²) in [5.41, 5.74) is 15.8. The molecule has 0 N–H and O–H groups in total. The van der Waals surface area contributed by atoms with Gasteiger partial charge in [-0.15, -0.1) is 6.42 Å². The van der Waals surface area contributed by atoms with E-state index in [0.717, 1.165) is 28.9 Å². The number of allylic oxidation sites excluding steroid dienone is 7. The van der Waals surface area contributed by atoms with Crippen LogP contribution in [0.2, 0.25) is 0 Å². The molecule has 0 spiro atoms. The van der Waals surface area contributed by atoms with Crippen LogP contribution in [0, 0.1) is 18.3 Å². The minimum atomic E-state index is -0.0901. The fourth-order valence-electron chi connectivity index (χ4n) is 8.69. The van der Waals surface area contributed by atoms with Crippen LogP contribution in [0.15, 0.2) is 176 Å². The molecule has 266 valence electrons. The molecular weight excluding hydrogens is 665 g/mol. The fraction of sp³-hybridized carbons (Fsp3) is 0.132. The summed E-state index contributed by atoms with van der Waals surface area (Å²) in [7, 11) is 0. The van der Waals surface area contributed by atoms with E-state index in [4.69, 9.17) is 6.42 Å². The summed E-state index contributed by atoms with van der Waals surface area (Å²) in [5, 5.41) is 2.46. The number of hydrogen-bond donors (Lipinski definition) is 0. The Bertz CT molecular complexity index is 2740. The minimum Gasteiger partial charge on any atom is -0.338 e. The first-order valence-corrected chi connectivity index (χ1v) is 19.3. The summed E-state index contributed by atoms with van der Waals surface area (Å²) in [6.07, 6.45) is 20.3. The van der Waals surface area contributed by atoms with Crippen molar-refractivity contribution in [2.24, 2.45) is 5.92 Å². The standard InChI is InChI=1S/C53H44N2/c1-5-15-38(41-27-32-52-48(35-41)47-22-10-12-24-51(47)55(52)44-20-13-16-37(2)34-44)19-14-33-54(42-28-25-40(26-29-42)39-17-7-6-8-18-39)43-30-31-46-45-21-9-11-23-49(45)53(3,4)50(46)36-43/h1,6-15,17-32,34-37H,16,33H2,2-4H3/b19-14-,38-15+. The molecule has 1 atom stereocenters. The Labute approximate surface area is 325 Å². The second kappa shape index (κ2) is 14.0. The quantitative estimate of drug-likeness (QED) is 0.113. The van der Waals surface area contributed by atoms with Crippen LogP contribution in [0.5, 0.6) is 0 Å². The normalized spacial score (nSPS) is 15.9. The molecule has 1 aromatic heterocycles. The van der Waals surface area contributed by atoms with Gasteiger partial charge < -0.3 is 9.47 Å². The molecule has 1 unspecified atom stereocenters. The lowest BCUT2D eigenvalue weighted by Crippen LogP contribution is -2.19. The number of benzene rings is 6. The van der Waals surface area contributed by atoms with Gasteiger partial charge in [-0.05, 0) is 111 Å². The second-order valence-electron chi connectivity index (χ2n) is 15.4. The van der Waals surface area contributed by atoms with E-state index in [0.29, 0.717) is 12.5 Å². The van der Waals surface area contributed by atoms with E-state index in [9.17, 15) is 0 Å². The molecule has 2 nitrogen and oxygen atoms in total. The SMILES string of the molecule is C#C/C=C(\C=C/CN(c1ccc(-c2ccccc2)cc1)c1ccc2c(c1)C(C)(C)c1ccccc1-2)c1ccc2c(c1)c1ccccc1n2C1=CC(C)CC=C1. The van der Waals surface area contributed by atoms with Crippen LogP contribution in [-0.2, 0) is 5.41 Å². The van der Waals surface area contributed by atoms with Gasteiger partial charge in [-0.25, -0.2) is 0 Å². The summed E-state index contributed by atoms with van der Waals surface area (Å²) >= 11 is 0. The molecule has 0 aliphatic heterocycles. The number of para-hydroxylation sites is 1. The molecule has 2 aliphatic carbocycles. The largest absolute Gasteiger partial charge is 0.338 e. The van der Waals surface area contributed by atoms with Gasteiger partial charge in [0.05, 0.1) is 11.0 Å². The molecule has 2 aliphatic rings. The van der Waals surface area contributed by atoms with Crippen LogP contribution in [0.25, 0.3) is 55.3 Å². The molecule has 9 rings (SSSR count). The van der Waals surface area contributed by atoms with Crippen molar-refractivity contribution in [1.29, 1.82) is 0 Å². The zero-order valence-corrected chi connectivity index (χ0v) is 31.7. The summed E-state index contributed by atoms with van der Waals surface area (Å²) < 4.78 is 2.40. The number of aromatic nitrogens is 1. The van der Waals surface area contributed by atoms with E-state index in [1.54, 1.807) is 0 Å². The lowest BCUT2D eigenvalue weighted by Gasteiger charge is -2.27. The maximum atomic E-state index is 5.98. The lowest BCUT2D eigenvalue weighted by atomic mass is 9.82. The highest BCUT2D eigenvalue weighted by molar-refractivity contribution is 6.11. The lowest BCUT2D eigenvalue weighted by molar-refractivity contribution is 0.660. The molecule has 6 aromatic carbocycles. The van der Waals surface area contributed by atoms with Gasteiger partial charge in [0.15, 0.2) is 0 Å². The number of nitrogens with zero attached hydrogens (tertiary/aromatic N) is 2. The van der Waals surface area contributed by atoms with Crippen LogP contribution < -0.4 is 4.90 Å². The number of hydrogen-bond acceptors (Lipinski definition) is 1. The highest BCUT2D eigenvalue weighted by Gasteiger charge is 2.35. The molecule has 0 bridgehead atoms. The molecule has 0 saturated carbocycles. The Morgan fingerprint density at radius 1 is 0.745 bits per heavy atom. The number of fused-ring (bicyclic) bond motifs is 6. The van der Waals surface area contributed by atoms with Gasteiger partial charge in [-0.2, -0.15) is 0 Å². The molecular formula is C53H44N2. The first kappa shape index (κ1) is 34.2. The van der Waals surface area contributed by atoms with Gasteiger partial charge in [-0.3, -0.25) is 0 Å². The van der Waals surface area contributed by atoms with Crippen molar-refractivity contribution < 1.29 is 0 Å². The van der Waals surface area contributed by atoms with Gasteiger partial charge in [0.2, 0.25) is 0 Å². The highest BCUT2D eigenvalue weighted by Crippen LogP contribution is 2.50. The second-order valence-corrected chi connectivity index (χ2v) is 15.4. The third kappa shape index (κ3) is 6.13. The zero-order valence-electron chi connectivity index (χ0n) is 31.7. The molecule has 0 fully saturated rings. The van der Waals surface area contributed by atoms with E-state index in [2.05, 4.69) is 206 Å². The average molecular weight is 709 g/mol. The summed E-state index contributed by atoms with van der Waals surface area (Å²) in [5.74, 6) is 3.34. The maximum Gasteiger partial charge on any atom is 0.0541 e. The summed E-state index contributed by atoms with van der Waals surface area (Å²) in [6, 6.07) is 50.8. The van der Waals surface area contributed by atoms with Crippen LogP contribution in [-0.4, -0.2) is 11.1 Å². The number of anilines is 2. The fourth-order valence-corrected chi connectivity index (χ4v) is 8.69. The number of terminal acetylenes is 1. The summed E-state index contributed by atoms with van der Waals surface area (Å²) in [4.78, 5) is 2.40. The molecule has 7 aromatic rings. The third-order valence-electron chi connectivity index (χ3n) is 11.5. The summed E-state index contributed by atoms with van der Waals surface area (Å²) in [6.45, 7) is 7.63. The van der Waals surface area contributed by atoms with E-state index < -0.39 is 0 Å². The highest BCUT2D eigenvalue weighted by atomic mass is 15.1. The van der Waals surface area contributed by atoms with Crippen molar-refractivity contribution >= 4 is 44.5 Å². The predicted octanol–water partition coefficient (Wildman–Crippen LogP) is 13.6.